The molecule has 0 saturated heterocycles. The molecule has 6 nitrogen and oxygen atoms in total. The minimum absolute atomic E-state index is 0.432. The number of hydrogen-bond donors (Lipinski definition) is 0. The van der Waals surface area contributed by atoms with Crippen molar-refractivity contribution < 1.29 is 0 Å². The van der Waals surface area contributed by atoms with Gasteiger partial charge in [-0.3, -0.25) is 0 Å². The molecule has 7 aromatic rings. The van der Waals surface area contributed by atoms with E-state index in [9.17, 15) is 0 Å². The summed E-state index contributed by atoms with van der Waals surface area (Å²) in [6.45, 7) is 0. The molecule has 0 radical (unpaired) electrons. The summed E-state index contributed by atoms with van der Waals surface area (Å²) < 4.78 is 0. The average Bonchev–Trinajstić information content (AvgIpc) is 3.18. The SMILES string of the molecule is c1ccc(-c2nc(-c3ccccc3)nc(-c3cccc(-c4nc(-c5ccccc5)nc(-c5ccc(C67CC8CC(C6)C87)cc5)n4)c3)n2)cc1. The van der Waals surface area contributed by atoms with Gasteiger partial charge in [0.1, 0.15) is 0 Å². The van der Waals surface area contributed by atoms with E-state index >= 15 is 0 Å². The van der Waals surface area contributed by atoms with Gasteiger partial charge in [-0.25, -0.2) is 29.9 Å². The third-order valence-electron chi connectivity index (χ3n) is 11.0. The largest absolute Gasteiger partial charge is 0.208 e. The van der Waals surface area contributed by atoms with Crippen LogP contribution in [0.1, 0.15) is 24.8 Å². The van der Waals surface area contributed by atoms with Crippen molar-refractivity contribution in [2.45, 2.75) is 24.7 Å². The molecular formula is C43H32N6. The highest BCUT2D eigenvalue weighted by Gasteiger charge is 2.71. The third-order valence-corrected chi connectivity index (χ3v) is 11.0. The molecule has 3 saturated carbocycles. The van der Waals surface area contributed by atoms with Crippen LogP contribution in [0.4, 0.5) is 0 Å². The predicted octanol–water partition coefficient (Wildman–Crippen LogP) is 9.36. The number of aromatic nitrogens is 6. The monoisotopic (exact) mass is 632 g/mol. The highest BCUT2D eigenvalue weighted by Crippen LogP contribution is 2.77. The number of hydrogen-bond acceptors (Lipinski definition) is 6. The second-order valence-corrected chi connectivity index (χ2v) is 13.7. The summed E-state index contributed by atoms with van der Waals surface area (Å²) in [6, 6.07) is 47.4. The Morgan fingerprint density at radius 3 is 1.08 bits per heavy atom. The molecule has 2 atom stereocenters. The predicted molar refractivity (Wildman–Crippen MR) is 192 cm³/mol. The van der Waals surface area contributed by atoms with Gasteiger partial charge in [-0.1, -0.05) is 133 Å². The van der Waals surface area contributed by atoms with Gasteiger partial charge in [-0.05, 0) is 54.1 Å². The summed E-state index contributed by atoms with van der Waals surface area (Å²) in [6.07, 6.45) is 4.18. The van der Waals surface area contributed by atoms with Gasteiger partial charge < -0.3 is 0 Å². The van der Waals surface area contributed by atoms with E-state index in [-0.39, 0.29) is 0 Å². The van der Waals surface area contributed by atoms with Crippen molar-refractivity contribution in [1.29, 1.82) is 0 Å². The fourth-order valence-electron chi connectivity index (χ4n) is 8.63. The molecule has 0 spiro atoms. The Bertz CT molecular complexity index is 2250. The molecule has 10 rings (SSSR count). The van der Waals surface area contributed by atoms with E-state index in [1.807, 2.05) is 109 Å². The summed E-state index contributed by atoms with van der Waals surface area (Å²) in [5.41, 5.74) is 7.45. The zero-order valence-corrected chi connectivity index (χ0v) is 26.8. The van der Waals surface area contributed by atoms with E-state index in [1.165, 1.54) is 24.8 Å². The summed E-state index contributed by atoms with van der Waals surface area (Å²) in [5, 5.41) is 0. The second kappa shape index (κ2) is 11.1. The van der Waals surface area contributed by atoms with Crippen LogP contribution in [0, 0.1) is 17.8 Å². The second-order valence-electron chi connectivity index (χ2n) is 13.7. The lowest BCUT2D eigenvalue weighted by atomic mass is 9.28. The van der Waals surface area contributed by atoms with E-state index in [1.54, 1.807) is 0 Å². The van der Waals surface area contributed by atoms with Crippen LogP contribution in [0.2, 0.25) is 0 Å². The topological polar surface area (TPSA) is 77.3 Å². The molecule has 0 N–H and O–H groups in total. The molecule has 3 aliphatic rings. The molecule has 6 heteroatoms. The first kappa shape index (κ1) is 28.2. The molecule has 3 fully saturated rings. The zero-order valence-electron chi connectivity index (χ0n) is 26.8. The maximum Gasteiger partial charge on any atom is 0.164 e. The fourth-order valence-corrected chi connectivity index (χ4v) is 8.63. The first-order valence-electron chi connectivity index (χ1n) is 17.1. The van der Waals surface area contributed by atoms with Crippen molar-refractivity contribution in [3.05, 3.63) is 145 Å². The number of rotatable bonds is 7. The van der Waals surface area contributed by atoms with Crippen LogP contribution in [0.25, 0.3) is 68.3 Å². The van der Waals surface area contributed by atoms with E-state index < -0.39 is 0 Å². The highest BCUT2D eigenvalue weighted by atomic mass is 15.0. The summed E-state index contributed by atoms with van der Waals surface area (Å²) in [4.78, 5) is 29.8. The molecule has 0 aliphatic heterocycles. The minimum atomic E-state index is 0.432. The van der Waals surface area contributed by atoms with Crippen molar-refractivity contribution in [1.82, 2.24) is 29.9 Å². The number of nitrogens with zero attached hydrogens (tertiary/aromatic N) is 6. The van der Waals surface area contributed by atoms with Crippen molar-refractivity contribution in [2.24, 2.45) is 17.8 Å². The fraction of sp³-hybridized carbons (Fsp3) is 0.163. The Morgan fingerprint density at radius 1 is 0.367 bits per heavy atom. The Hall–Kier alpha value is -5.88. The maximum atomic E-state index is 5.06. The first-order valence-corrected chi connectivity index (χ1v) is 17.1. The Morgan fingerprint density at radius 2 is 0.714 bits per heavy atom. The van der Waals surface area contributed by atoms with E-state index in [2.05, 4.69) is 30.3 Å². The normalized spacial score (nSPS) is 21.5. The molecule has 2 heterocycles. The van der Waals surface area contributed by atoms with Crippen LogP contribution in [0.15, 0.2) is 140 Å². The van der Waals surface area contributed by atoms with Crippen LogP contribution in [-0.4, -0.2) is 29.9 Å². The lowest BCUT2D eigenvalue weighted by molar-refractivity contribution is -0.219. The molecule has 0 amide bonds. The van der Waals surface area contributed by atoms with Gasteiger partial charge in [0.05, 0.1) is 0 Å². The van der Waals surface area contributed by atoms with Gasteiger partial charge in [-0.15, -0.1) is 0 Å². The van der Waals surface area contributed by atoms with Crippen molar-refractivity contribution in [3.8, 4) is 68.3 Å². The molecule has 234 valence electrons. The van der Waals surface area contributed by atoms with Gasteiger partial charge in [0.15, 0.2) is 34.9 Å². The third kappa shape index (κ3) is 4.70. The number of benzene rings is 5. The Balaban J connectivity index is 1.06. The summed E-state index contributed by atoms with van der Waals surface area (Å²) in [7, 11) is 0. The lowest BCUT2D eigenvalue weighted by Crippen LogP contribution is -2.71. The lowest BCUT2D eigenvalue weighted by Gasteiger charge is -2.76. The van der Waals surface area contributed by atoms with Crippen molar-refractivity contribution in [3.63, 3.8) is 0 Å². The highest BCUT2D eigenvalue weighted by molar-refractivity contribution is 5.72. The zero-order chi connectivity index (χ0) is 32.4. The standard InChI is InChI=1S/C43H32N6/c1-4-11-27(12-5-1)37-44-38(28-13-6-2-7-14-28)47-41(46-37)31-17-10-18-32(23-31)42-48-39(29-15-8-3-9-16-29)45-40(49-42)30-19-21-35(22-20-30)43-25-33-24-34(26-43)36(33)43/h1-23,33-34,36H,24-26H2. The molecule has 2 aromatic heterocycles. The molecular weight excluding hydrogens is 601 g/mol. The minimum Gasteiger partial charge on any atom is -0.208 e. The van der Waals surface area contributed by atoms with Gasteiger partial charge in [0, 0.05) is 33.4 Å². The molecule has 2 unspecified atom stereocenters. The quantitative estimate of drug-likeness (QED) is 0.174. The van der Waals surface area contributed by atoms with E-state index in [0.717, 1.165) is 51.1 Å². The van der Waals surface area contributed by atoms with Gasteiger partial charge in [-0.2, -0.15) is 0 Å². The van der Waals surface area contributed by atoms with Crippen molar-refractivity contribution in [2.75, 3.05) is 0 Å². The van der Waals surface area contributed by atoms with Crippen LogP contribution < -0.4 is 0 Å². The van der Waals surface area contributed by atoms with Crippen LogP contribution in [0.5, 0.6) is 0 Å². The summed E-state index contributed by atoms with van der Waals surface area (Å²) in [5.74, 6) is 6.62. The van der Waals surface area contributed by atoms with E-state index in [4.69, 9.17) is 29.9 Å². The van der Waals surface area contributed by atoms with Crippen molar-refractivity contribution >= 4 is 0 Å². The maximum absolute atomic E-state index is 5.06. The summed E-state index contributed by atoms with van der Waals surface area (Å²) >= 11 is 0. The molecule has 0 bridgehead atoms. The average molecular weight is 633 g/mol. The molecule has 3 aliphatic carbocycles. The van der Waals surface area contributed by atoms with Crippen LogP contribution >= 0.6 is 0 Å². The molecule has 5 aromatic carbocycles. The van der Waals surface area contributed by atoms with Crippen LogP contribution in [0.3, 0.4) is 0 Å². The van der Waals surface area contributed by atoms with E-state index in [0.29, 0.717) is 40.4 Å². The van der Waals surface area contributed by atoms with Gasteiger partial charge in [0.2, 0.25) is 0 Å². The van der Waals surface area contributed by atoms with Crippen LogP contribution in [-0.2, 0) is 5.41 Å². The molecule has 49 heavy (non-hydrogen) atoms. The van der Waals surface area contributed by atoms with Gasteiger partial charge in [0.25, 0.3) is 0 Å². The smallest absolute Gasteiger partial charge is 0.164 e. The van der Waals surface area contributed by atoms with Gasteiger partial charge >= 0.3 is 0 Å². The Labute approximate surface area is 285 Å². The Kier molecular flexibility index (Phi) is 6.38. The first-order chi connectivity index (χ1) is 24.2.